The number of halogens is 2. The van der Waals surface area contributed by atoms with Gasteiger partial charge in [-0.1, -0.05) is 42.5 Å². The molecule has 1 nitrogen and oxygen atoms in total. The number of hydrogen-bond acceptors (Lipinski definition) is 1. The van der Waals surface area contributed by atoms with Crippen LogP contribution in [0.4, 0.5) is 0 Å². The maximum atomic E-state index is 6.03. The molecule has 2 rings (SSSR count). The molecule has 0 aliphatic rings. The molecule has 0 radical (unpaired) electrons. The lowest BCUT2D eigenvalue weighted by Gasteiger charge is -2.16. The topological polar surface area (TPSA) is 12.0 Å². The molecule has 2 aromatic rings. The zero-order valence-corrected chi connectivity index (χ0v) is 12.9. The van der Waals surface area contributed by atoms with Gasteiger partial charge in [-0.3, -0.25) is 0 Å². The fourth-order valence-corrected chi connectivity index (χ4v) is 2.44. The fourth-order valence-electron chi connectivity index (χ4n) is 1.79. The number of benzene rings is 2. The molecule has 1 N–H and O–H groups in total. The van der Waals surface area contributed by atoms with E-state index in [1.165, 1.54) is 14.7 Å². The van der Waals surface area contributed by atoms with Crippen LogP contribution in [-0.2, 0) is 6.54 Å². The SMILES string of the molecule is ClCC(NCc1ccc(I)cc1)c1ccccc1. The molecule has 0 saturated carbocycles. The van der Waals surface area contributed by atoms with Crippen molar-refractivity contribution in [3.8, 4) is 0 Å². The Hall–Kier alpha value is -0.580. The van der Waals surface area contributed by atoms with Crippen molar-refractivity contribution < 1.29 is 0 Å². The van der Waals surface area contributed by atoms with Crippen molar-refractivity contribution in [1.29, 1.82) is 0 Å². The van der Waals surface area contributed by atoms with Crippen LogP contribution in [-0.4, -0.2) is 5.88 Å². The Kier molecular flexibility index (Phi) is 5.47. The zero-order chi connectivity index (χ0) is 12.8. The molecule has 0 fully saturated rings. The minimum absolute atomic E-state index is 0.201. The van der Waals surface area contributed by atoms with E-state index in [1.54, 1.807) is 0 Å². The van der Waals surface area contributed by atoms with Crippen LogP contribution in [0.15, 0.2) is 54.6 Å². The largest absolute Gasteiger partial charge is 0.305 e. The van der Waals surface area contributed by atoms with Gasteiger partial charge in [-0.25, -0.2) is 0 Å². The fraction of sp³-hybridized carbons (Fsp3) is 0.200. The highest BCUT2D eigenvalue weighted by molar-refractivity contribution is 14.1. The van der Waals surface area contributed by atoms with Gasteiger partial charge >= 0.3 is 0 Å². The second-order valence-corrected chi connectivity index (χ2v) is 5.68. The lowest BCUT2D eigenvalue weighted by Crippen LogP contribution is -2.22. The van der Waals surface area contributed by atoms with Crippen LogP contribution in [0.5, 0.6) is 0 Å². The van der Waals surface area contributed by atoms with E-state index in [1.807, 2.05) is 18.2 Å². The first-order chi connectivity index (χ1) is 8.79. The van der Waals surface area contributed by atoms with Crippen molar-refractivity contribution in [1.82, 2.24) is 5.32 Å². The predicted molar refractivity (Wildman–Crippen MR) is 85.9 cm³/mol. The summed E-state index contributed by atoms with van der Waals surface area (Å²) in [6.45, 7) is 0.837. The van der Waals surface area contributed by atoms with Gasteiger partial charge in [0.2, 0.25) is 0 Å². The van der Waals surface area contributed by atoms with E-state index in [9.17, 15) is 0 Å². The van der Waals surface area contributed by atoms with Crippen LogP contribution in [0.1, 0.15) is 17.2 Å². The van der Waals surface area contributed by atoms with Crippen LogP contribution < -0.4 is 5.32 Å². The predicted octanol–water partition coefficient (Wildman–Crippen LogP) is 4.36. The Bertz CT molecular complexity index is 470. The molecule has 1 atom stereocenters. The minimum atomic E-state index is 0.201. The van der Waals surface area contributed by atoms with Gasteiger partial charge in [0.15, 0.2) is 0 Å². The van der Waals surface area contributed by atoms with Gasteiger partial charge in [0.1, 0.15) is 0 Å². The lowest BCUT2D eigenvalue weighted by molar-refractivity contribution is 0.579. The second-order valence-electron chi connectivity index (χ2n) is 4.12. The molecule has 0 spiro atoms. The molecule has 2 aromatic carbocycles. The molecule has 1 unspecified atom stereocenters. The van der Waals surface area contributed by atoms with Gasteiger partial charge in [-0.05, 0) is 45.9 Å². The molecule has 0 amide bonds. The molecule has 0 heterocycles. The van der Waals surface area contributed by atoms with Gasteiger partial charge in [-0.2, -0.15) is 0 Å². The van der Waals surface area contributed by atoms with Crippen molar-refractivity contribution in [2.24, 2.45) is 0 Å². The highest BCUT2D eigenvalue weighted by Gasteiger charge is 2.08. The third-order valence-electron chi connectivity index (χ3n) is 2.82. The highest BCUT2D eigenvalue weighted by atomic mass is 127. The average molecular weight is 372 g/mol. The quantitative estimate of drug-likeness (QED) is 0.608. The third kappa shape index (κ3) is 3.97. The van der Waals surface area contributed by atoms with E-state index in [-0.39, 0.29) is 6.04 Å². The number of nitrogens with one attached hydrogen (secondary N) is 1. The summed E-state index contributed by atoms with van der Waals surface area (Å²) in [4.78, 5) is 0. The van der Waals surface area contributed by atoms with Crippen molar-refractivity contribution in [3.05, 3.63) is 69.3 Å². The number of alkyl halides is 1. The first-order valence-electron chi connectivity index (χ1n) is 5.88. The van der Waals surface area contributed by atoms with Crippen LogP contribution in [0, 0.1) is 3.57 Å². The van der Waals surface area contributed by atoms with Gasteiger partial charge in [0.05, 0.1) is 0 Å². The van der Waals surface area contributed by atoms with Gasteiger partial charge in [-0.15, -0.1) is 11.6 Å². The van der Waals surface area contributed by atoms with Gasteiger partial charge in [0, 0.05) is 22.0 Å². The summed E-state index contributed by atoms with van der Waals surface area (Å²) in [6, 6.07) is 19.0. The Labute approximate surface area is 127 Å². The Morgan fingerprint density at radius 1 is 1.00 bits per heavy atom. The molecule has 0 saturated heterocycles. The van der Waals surface area contributed by atoms with E-state index in [0.29, 0.717) is 5.88 Å². The van der Waals surface area contributed by atoms with Gasteiger partial charge in [0.25, 0.3) is 0 Å². The Morgan fingerprint density at radius 3 is 2.28 bits per heavy atom. The van der Waals surface area contributed by atoms with E-state index >= 15 is 0 Å². The van der Waals surface area contributed by atoms with Gasteiger partial charge < -0.3 is 5.32 Å². The molecule has 94 valence electrons. The summed E-state index contributed by atoms with van der Waals surface area (Å²) >= 11 is 8.34. The van der Waals surface area contributed by atoms with Crippen LogP contribution in [0.2, 0.25) is 0 Å². The standard InChI is InChI=1S/C15H15ClIN/c16-10-15(13-4-2-1-3-5-13)18-11-12-6-8-14(17)9-7-12/h1-9,15,18H,10-11H2. The summed E-state index contributed by atoms with van der Waals surface area (Å²) in [7, 11) is 0. The molecule has 0 aromatic heterocycles. The van der Waals surface area contributed by atoms with Crippen molar-refractivity contribution in [2.45, 2.75) is 12.6 Å². The van der Waals surface area contributed by atoms with Crippen LogP contribution in [0.25, 0.3) is 0 Å². The molecule has 0 aliphatic heterocycles. The van der Waals surface area contributed by atoms with Crippen molar-refractivity contribution in [2.75, 3.05) is 5.88 Å². The highest BCUT2D eigenvalue weighted by Crippen LogP contribution is 2.15. The summed E-state index contributed by atoms with van der Waals surface area (Å²) in [6.07, 6.45) is 0. The maximum Gasteiger partial charge on any atom is 0.0460 e. The molecule has 3 heteroatoms. The molecule has 0 bridgehead atoms. The second kappa shape index (κ2) is 7.12. The summed E-state index contributed by atoms with van der Waals surface area (Å²) < 4.78 is 1.26. The molecular formula is C15H15ClIN. The average Bonchev–Trinajstić information content (AvgIpc) is 2.43. The van der Waals surface area contributed by atoms with E-state index < -0.39 is 0 Å². The van der Waals surface area contributed by atoms with Crippen LogP contribution >= 0.6 is 34.2 Å². The monoisotopic (exact) mass is 371 g/mol. The Morgan fingerprint density at radius 2 is 1.67 bits per heavy atom. The first kappa shape index (κ1) is 13.8. The Balaban J connectivity index is 1.97. The summed E-state index contributed by atoms with van der Waals surface area (Å²) in [5.74, 6) is 0.578. The van der Waals surface area contributed by atoms with E-state index in [4.69, 9.17) is 11.6 Å². The smallest absolute Gasteiger partial charge is 0.0460 e. The maximum absolute atomic E-state index is 6.03. The van der Waals surface area contributed by atoms with Crippen molar-refractivity contribution in [3.63, 3.8) is 0 Å². The molecule has 0 aliphatic carbocycles. The molecular weight excluding hydrogens is 357 g/mol. The number of hydrogen-bond donors (Lipinski definition) is 1. The first-order valence-corrected chi connectivity index (χ1v) is 7.49. The van der Waals surface area contributed by atoms with E-state index in [2.05, 4.69) is 64.3 Å². The normalized spacial score (nSPS) is 12.3. The summed E-state index contributed by atoms with van der Waals surface area (Å²) in [5.41, 5.74) is 2.51. The third-order valence-corrected chi connectivity index (χ3v) is 3.85. The molecule has 18 heavy (non-hydrogen) atoms. The van der Waals surface area contributed by atoms with Crippen LogP contribution in [0.3, 0.4) is 0 Å². The summed E-state index contributed by atoms with van der Waals surface area (Å²) in [5, 5.41) is 3.49. The minimum Gasteiger partial charge on any atom is -0.305 e. The zero-order valence-electron chi connectivity index (χ0n) is 9.94. The number of rotatable bonds is 5. The van der Waals surface area contributed by atoms with E-state index in [0.717, 1.165) is 6.54 Å². The van der Waals surface area contributed by atoms with Crippen molar-refractivity contribution >= 4 is 34.2 Å². The lowest BCUT2D eigenvalue weighted by atomic mass is 10.1.